The molecule has 0 aliphatic heterocycles. The normalized spacial score (nSPS) is 12.0. The molecule has 0 aliphatic carbocycles. The summed E-state index contributed by atoms with van der Waals surface area (Å²) in [4.78, 5) is 24.3. The highest BCUT2D eigenvalue weighted by molar-refractivity contribution is 5.92. The first-order valence-electron chi connectivity index (χ1n) is 8.47. The van der Waals surface area contributed by atoms with E-state index in [1.807, 2.05) is 37.3 Å². The zero-order valence-electron chi connectivity index (χ0n) is 14.6. The number of nitrogens with zero attached hydrogens (tertiary/aromatic N) is 4. The van der Waals surface area contributed by atoms with Crippen LogP contribution in [0.4, 0.5) is 5.95 Å². The van der Waals surface area contributed by atoms with E-state index in [0.29, 0.717) is 17.3 Å². The van der Waals surface area contributed by atoms with Gasteiger partial charge in [-0.3, -0.25) is 4.57 Å². The molecule has 0 bridgehead atoms. The number of fused-ring (bicyclic) bond motifs is 1. The third-order valence-corrected chi connectivity index (χ3v) is 4.33. The first-order chi connectivity index (χ1) is 13.1. The number of anilines is 1. The van der Waals surface area contributed by atoms with Gasteiger partial charge < -0.3 is 10.4 Å². The monoisotopic (exact) mass is 359 g/mol. The Morgan fingerprint density at radius 1 is 1.11 bits per heavy atom. The number of carbonyl (C=O) groups is 1. The second kappa shape index (κ2) is 6.87. The van der Waals surface area contributed by atoms with Crippen LogP contribution in [0.5, 0.6) is 0 Å². The molecule has 0 amide bonds. The van der Waals surface area contributed by atoms with E-state index in [0.717, 1.165) is 11.1 Å². The Morgan fingerprint density at radius 3 is 2.70 bits per heavy atom. The smallest absolute Gasteiger partial charge is 0.335 e. The van der Waals surface area contributed by atoms with Crippen molar-refractivity contribution < 1.29 is 9.90 Å². The number of hydrogen-bond donors (Lipinski definition) is 2. The molecule has 2 heterocycles. The molecule has 2 aromatic heterocycles. The van der Waals surface area contributed by atoms with Crippen LogP contribution in [0.1, 0.15) is 28.9 Å². The molecule has 2 aromatic carbocycles. The van der Waals surface area contributed by atoms with Gasteiger partial charge in [-0.1, -0.05) is 30.3 Å². The predicted octanol–water partition coefficient (Wildman–Crippen LogP) is 3.69. The van der Waals surface area contributed by atoms with Crippen molar-refractivity contribution in [1.82, 2.24) is 19.5 Å². The molecular formula is C20H17N5O2. The van der Waals surface area contributed by atoms with Crippen molar-refractivity contribution in [3.05, 3.63) is 78.2 Å². The van der Waals surface area contributed by atoms with Gasteiger partial charge in [0.1, 0.15) is 12.1 Å². The molecule has 0 spiro atoms. The molecule has 4 aromatic rings. The van der Waals surface area contributed by atoms with Crippen LogP contribution in [0.2, 0.25) is 0 Å². The number of aromatic nitrogens is 4. The van der Waals surface area contributed by atoms with Crippen molar-refractivity contribution in [2.45, 2.75) is 13.0 Å². The van der Waals surface area contributed by atoms with Crippen molar-refractivity contribution in [2.75, 3.05) is 5.32 Å². The molecule has 0 radical (unpaired) electrons. The largest absolute Gasteiger partial charge is 0.478 e. The van der Waals surface area contributed by atoms with Gasteiger partial charge in [-0.15, -0.1) is 0 Å². The van der Waals surface area contributed by atoms with Crippen molar-refractivity contribution in [1.29, 1.82) is 0 Å². The second-order valence-corrected chi connectivity index (χ2v) is 6.14. The van der Waals surface area contributed by atoms with Crippen LogP contribution in [0.3, 0.4) is 0 Å². The summed E-state index contributed by atoms with van der Waals surface area (Å²) in [5.74, 6) is 0.182. The lowest BCUT2D eigenvalue weighted by Gasteiger charge is -2.14. The fraction of sp³-hybridized carbons (Fsp3) is 0.100. The van der Waals surface area contributed by atoms with E-state index in [-0.39, 0.29) is 11.6 Å². The highest BCUT2D eigenvalue weighted by atomic mass is 16.4. The van der Waals surface area contributed by atoms with Crippen LogP contribution < -0.4 is 5.32 Å². The topological polar surface area (TPSA) is 92.9 Å². The number of rotatable bonds is 5. The number of carboxylic acids is 1. The van der Waals surface area contributed by atoms with Gasteiger partial charge in [0.2, 0.25) is 5.95 Å². The van der Waals surface area contributed by atoms with E-state index in [1.165, 1.54) is 0 Å². The molecule has 0 saturated carbocycles. The van der Waals surface area contributed by atoms with E-state index < -0.39 is 5.97 Å². The molecule has 134 valence electrons. The fourth-order valence-electron chi connectivity index (χ4n) is 2.90. The molecule has 0 aliphatic rings. The van der Waals surface area contributed by atoms with Crippen molar-refractivity contribution in [2.24, 2.45) is 0 Å². The summed E-state index contributed by atoms with van der Waals surface area (Å²) < 4.78 is 1.81. The molecule has 0 fully saturated rings. The van der Waals surface area contributed by atoms with Gasteiger partial charge in [0.05, 0.1) is 22.6 Å². The highest BCUT2D eigenvalue weighted by Gasteiger charge is 2.11. The Morgan fingerprint density at radius 2 is 1.93 bits per heavy atom. The Balaban J connectivity index is 1.64. The lowest BCUT2D eigenvalue weighted by molar-refractivity contribution is 0.0697. The Bertz CT molecular complexity index is 1110. The standard InChI is InChI=1S/C20H17N5O2/c1-13(14-5-3-2-4-6-14)23-20-21-10-9-18(24-20)25-12-22-16-11-15(19(26)27)7-8-17(16)25/h2-13H,1H3,(H,26,27)(H,21,23,24)/t13-/m0/s1. The number of hydrogen-bond acceptors (Lipinski definition) is 5. The molecule has 2 N–H and O–H groups in total. The maximum absolute atomic E-state index is 11.1. The van der Waals surface area contributed by atoms with Crippen LogP contribution >= 0.6 is 0 Å². The molecule has 4 rings (SSSR count). The van der Waals surface area contributed by atoms with Crippen LogP contribution in [0.25, 0.3) is 16.9 Å². The molecule has 7 nitrogen and oxygen atoms in total. The number of nitrogens with one attached hydrogen (secondary N) is 1. The summed E-state index contributed by atoms with van der Waals surface area (Å²) in [5, 5.41) is 12.4. The first-order valence-corrected chi connectivity index (χ1v) is 8.47. The third-order valence-electron chi connectivity index (χ3n) is 4.33. The van der Waals surface area contributed by atoms with Gasteiger partial charge in [-0.25, -0.2) is 14.8 Å². The first kappa shape index (κ1) is 16.7. The van der Waals surface area contributed by atoms with E-state index in [9.17, 15) is 4.79 Å². The van der Waals surface area contributed by atoms with E-state index in [2.05, 4.69) is 20.3 Å². The lowest BCUT2D eigenvalue weighted by Crippen LogP contribution is -2.10. The fourth-order valence-corrected chi connectivity index (χ4v) is 2.90. The van der Waals surface area contributed by atoms with Gasteiger partial charge in [0.15, 0.2) is 0 Å². The van der Waals surface area contributed by atoms with Crippen molar-refractivity contribution in [3.8, 4) is 5.82 Å². The minimum Gasteiger partial charge on any atom is -0.478 e. The van der Waals surface area contributed by atoms with E-state index in [4.69, 9.17) is 5.11 Å². The maximum Gasteiger partial charge on any atom is 0.335 e. The second-order valence-electron chi connectivity index (χ2n) is 6.14. The third kappa shape index (κ3) is 3.35. The summed E-state index contributed by atoms with van der Waals surface area (Å²) >= 11 is 0. The molecule has 0 saturated heterocycles. The van der Waals surface area contributed by atoms with Crippen LogP contribution in [0.15, 0.2) is 67.1 Å². The van der Waals surface area contributed by atoms with E-state index >= 15 is 0 Å². The van der Waals surface area contributed by atoms with Crippen molar-refractivity contribution >= 4 is 23.0 Å². The zero-order chi connectivity index (χ0) is 18.8. The molecule has 1 atom stereocenters. The molecule has 0 unspecified atom stereocenters. The Hall–Kier alpha value is -3.74. The van der Waals surface area contributed by atoms with Crippen LogP contribution in [-0.4, -0.2) is 30.6 Å². The average Bonchev–Trinajstić information content (AvgIpc) is 3.12. The minimum atomic E-state index is -0.977. The summed E-state index contributed by atoms with van der Waals surface area (Å²) in [6.45, 7) is 2.05. The summed E-state index contributed by atoms with van der Waals surface area (Å²) in [6.07, 6.45) is 3.31. The van der Waals surface area contributed by atoms with Crippen molar-refractivity contribution in [3.63, 3.8) is 0 Å². The number of imidazole rings is 1. The summed E-state index contributed by atoms with van der Waals surface area (Å²) in [7, 11) is 0. The van der Waals surface area contributed by atoms with Gasteiger partial charge in [-0.2, -0.15) is 4.98 Å². The SMILES string of the molecule is C[C@H](Nc1nccc(-n2cnc3cc(C(=O)O)ccc32)n1)c1ccccc1. The van der Waals surface area contributed by atoms with Gasteiger partial charge in [0.25, 0.3) is 0 Å². The van der Waals surface area contributed by atoms with Gasteiger partial charge in [-0.05, 0) is 36.8 Å². The molecule has 7 heteroatoms. The van der Waals surface area contributed by atoms with Gasteiger partial charge >= 0.3 is 5.97 Å². The summed E-state index contributed by atoms with van der Waals surface area (Å²) in [6, 6.07) is 16.7. The highest BCUT2D eigenvalue weighted by Crippen LogP contribution is 2.20. The minimum absolute atomic E-state index is 0.0547. The maximum atomic E-state index is 11.1. The number of aromatic carboxylic acids is 1. The van der Waals surface area contributed by atoms with Gasteiger partial charge in [0, 0.05) is 6.20 Å². The predicted molar refractivity (Wildman–Crippen MR) is 102 cm³/mol. The zero-order valence-corrected chi connectivity index (χ0v) is 14.6. The lowest BCUT2D eigenvalue weighted by atomic mass is 10.1. The quantitative estimate of drug-likeness (QED) is 0.564. The summed E-state index contributed by atoms with van der Waals surface area (Å²) in [5.41, 5.74) is 2.72. The Labute approximate surface area is 155 Å². The van der Waals surface area contributed by atoms with E-state index in [1.54, 1.807) is 41.4 Å². The Kier molecular flexibility index (Phi) is 4.25. The number of carboxylic acid groups (broad SMARTS) is 1. The molecular weight excluding hydrogens is 342 g/mol. The van der Waals surface area contributed by atoms with Crippen LogP contribution in [0, 0.1) is 0 Å². The average molecular weight is 359 g/mol. The molecule has 27 heavy (non-hydrogen) atoms. The number of benzene rings is 2. The van der Waals surface area contributed by atoms with Crippen LogP contribution in [-0.2, 0) is 0 Å².